The minimum Gasteiger partial charge on any atom is -0.300 e. The number of rotatable bonds is 2. The Bertz CT molecular complexity index is 412. The Morgan fingerprint density at radius 2 is 1.89 bits per heavy atom. The normalized spacial score (nSPS) is 21.8. The van der Waals surface area contributed by atoms with Gasteiger partial charge in [0.15, 0.2) is 0 Å². The lowest BCUT2D eigenvalue weighted by Crippen LogP contribution is -2.28. The standard InChI is InChI=1S/C14H18F3N/c1-10(2)18-8-7-11(9-18)12-5-3-4-6-13(12)14(15,16)17/h3-6,10-11H,7-9H2,1-2H3. The average molecular weight is 257 g/mol. The van der Waals surface area contributed by atoms with Gasteiger partial charge in [-0.05, 0) is 44.4 Å². The van der Waals surface area contributed by atoms with Crippen molar-refractivity contribution < 1.29 is 13.2 Å². The highest BCUT2D eigenvalue weighted by Gasteiger charge is 2.36. The van der Waals surface area contributed by atoms with Crippen LogP contribution in [0.5, 0.6) is 0 Å². The number of hydrogen-bond donors (Lipinski definition) is 0. The Hall–Kier alpha value is -1.03. The van der Waals surface area contributed by atoms with Gasteiger partial charge in [-0.1, -0.05) is 18.2 Å². The zero-order valence-corrected chi connectivity index (χ0v) is 10.7. The van der Waals surface area contributed by atoms with Gasteiger partial charge >= 0.3 is 6.18 Å². The van der Waals surface area contributed by atoms with E-state index in [1.807, 2.05) is 0 Å². The number of halogens is 3. The van der Waals surface area contributed by atoms with Crippen molar-refractivity contribution in [3.05, 3.63) is 35.4 Å². The van der Waals surface area contributed by atoms with Crippen molar-refractivity contribution in [3.8, 4) is 0 Å². The summed E-state index contributed by atoms with van der Waals surface area (Å²) in [5.74, 6) is 0.00484. The Morgan fingerprint density at radius 1 is 1.22 bits per heavy atom. The molecule has 0 saturated carbocycles. The van der Waals surface area contributed by atoms with Gasteiger partial charge in [0.1, 0.15) is 0 Å². The first-order valence-corrected chi connectivity index (χ1v) is 6.29. The van der Waals surface area contributed by atoms with Crippen LogP contribution in [0, 0.1) is 0 Å². The predicted molar refractivity (Wildman–Crippen MR) is 65.5 cm³/mol. The molecule has 4 heteroatoms. The van der Waals surface area contributed by atoms with Crippen LogP contribution in [-0.2, 0) is 6.18 Å². The zero-order valence-electron chi connectivity index (χ0n) is 10.7. The van der Waals surface area contributed by atoms with Gasteiger partial charge in [0.2, 0.25) is 0 Å². The molecule has 0 aliphatic carbocycles. The SMILES string of the molecule is CC(C)N1CCC(c2ccccc2C(F)(F)F)C1. The first kappa shape index (κ1) is 13.4. The van der Waals surface area contributed by atoms with Crippen LogP contribution >= 0.6 is 0 Å². The van der Waals surface area contributed by atoms with Crippen molar-refractivity contribution in [2.45, 2.75) is 38.4 Å². The molecule has 1 heterocycles. The maximum absolute atomic E-state index is 12.9. The minimum absolute atomic E-state index is 0.00484. The Balaban J connectivity index is 2.25. The van der Waals surface area contributed by atoms with Crippen LogP contribution in [-0.4, -0.2) is 24.0 Å². The summed E-state index contributed by atoms with van der Waals surface area (Å²) in [5, 5.41) is 0. The summed E-state index contributed by atoms with van der Waals surface area (Å²) in [6, 6.07) is 6.36. The summed E-state index contributed by atoms with van der Waals surface area (Å²) >= 11 is 0. The van der Waals surface area contributed by atoms with E-state index in [1.54, 1.807) is 12.1 Å². The summed E-state index contributed by atoms with van der Waals surface area (Å²) in [6.07, 6.45) is -3.44. The molecule has 0 spiro atoms. The van der Waals surface area contributed by atoms with Crippen molar-refractivity contribution in [1.29, 1.82) is 0 Å². The first-order chi connectivity index (χ1) is 8.39. The number of hydrogen-bond acceptors (Lipinski definition) is 1. The van der Waals surface area contributed by atoms with Crippen LogP contribution in [0.15, 0.2) is 24.3 Å². The molecule has 100 valence electrons. The van der Waals surface area contributed by atoms with E-state index in [-0.39, 0.29) is 5.92 Å². The van der Waals surface area contributed by atoms with Crippen LogP contribution in [0.1, 0.15) is 37.3 Å². The second-order valence-electron chi connectivity index (χ2n) is 5.16. The number of benzene rings is 1. The molecule has 1 saturated heterocycles. The number of nitrogens with zero attached hydrogens (tertiary/aromatic N) is 1. The van der Waals surface area contributed by atoms with Gasteiger partial charge in [0.05, 0.1) is 5.56 Å². The van der Waals surface area contributed by atoms with Crippen molar-refractivity contribution in [2.75, 3.05) is 13.1 Å². The molecule has 0 aromatic heterocycles. The van der Waals surface area contributed by atoms with Gasteiger partial charge in [-0.15, -0.1) is 0 Å². The second-order valence-corrected chi connectivity index (χ2v) is 5.16. The summed E-state index contributed by atoms with van der Waals surface area (Å²) in [5.41, 5.74) is -0.0197. The highest BCUT2D eigenvalue weighted by molar-refractivity contribution is 5.33. The monoisotopic (exact) mass is 257 g/mol. The third-order valence-electron chi connectivity index (χ3n) is 3.66. The van der Waals surface area contributed by atoms with E-state index in [0.29, 0.717) is 11.6 Å². The topological polar surface area (TPSA) is 3.24 Å². The molecule has 0 amide bonds. The van der Waals surface area contributed by atoms with E-state index >= 15 is 0 Å². The highest BCUT2D eigenvalue weighted by Crippen LogP contribution is 2.38. The van der Waals surface area contributed by atoms with Crippen LogP contribution in [0.4, 0.5) is 13.2 Å². The maximum Gasteiger partial charge on any atom is 0.416 e. The predicted octanol–water partition coefficient (Wildman–Crippen LogP) is 3.90. The van der Waals surface area contributed by atoms with Crippen LogP contribution < -0.4 is 0 Å². The molecule has 1 atom stereocenters. The fourth-order valence-corrected chi connectivity index (χ4v) is 2.62. The van der Waals surface area contributed by atoms with Gasteiger partial charge < -0.3 is 4.90 Å². The van der Waals surface area contributed by atoms with Gasteiger partial charge in [-0.3, -0.25) is 0 Å². The van der Waals surface area contributed by atoms with Gasteiger partial charge in [-0.25, -0.2) is 0 Å². The van der Waals surface area contributed by atoms with E-state index in [2.05, 4.69) is 18.7 Å². The third-order valence-corrected chi connectivity index (χ3v) is 3.66. The third kappa shape index (κ3) is 2.69. The van der Waals surface area contributed by atoms with E-state index in [1.165, 1.54) is 12.1 Å². The van der Waals surface area contributed by atoms with E-state index in [4.69, 9.17) is 0 Å². The lowest BCUT2D eigenvalue weighted by molar-refractivity contribution is -0.138. The lowest BCUT2D eigenvalue weighted by atomic mass is 9.93. The fraction of sp³-hybridized carbons (Fsp3) is 0.571. The smallest absolute Gasteiger partial charge is 0.300 e. The van der Waals surface area contributed by atoms with Crippen molar-refractivity contribution in [1.82, 2.24) is 4.90 Å². The molecule has 0 radical (unpaired) electrons. The summed E-state index contributed by atoms with van der Waals surface area (Å²) in [7, 11) is 0. The fourth-order valence-electron chi connectivity index (χ4n) is 2.62. The first-order valence-electron chi connectivity index (χ1n) is 6.29. The molecule has 1 unspecified atom stereocenters. The van der Waals surface area contributed by atoms with Gasteiger partial charge in [-0.2, -0.15) is 13.2 Å². The van der Waals surface area contributed by atoms with Gasteiger partial charge in [0, 0.05) is 12.6 Å². The van der Waals surface area contributed by atoms with Crippen molar-refractivity contribution in [3.63, 3.8) is 0 Å². The van der Waals surface area contributed by atoms with E-state index < -0.39 is 11.7 Å². The summed E-state index contributed by atoms with van der Waals surface area (Å²) in [4.78, 5) is 2.23. The Kier molecular flexibility index (Phi) is 3.66. The van der Waals surface area contributed by atoms with Crippen LogP contribution in [0.25, 0.3) is 0 Å². The molecular weight excluding hydrogens is 239 g/mol. The van der Waals surface area contributed by atoms with Crippen molar-refractivity contribution >= 4 is 0 Å². The minimum atomic E-state index is -4.25. The largest absolute Gasteiger partial charge is 0.416 e. The lowest BCUT2D eigenvalue weighted by Gasteiger charge is -2.21. The Labute approximate surface area is 106 Å². The quantitative estimate of drug-likeness (QED) is 0.776. The van der Waals surface area contributed by atoms with Gasteiger partial charge in [0.25, 0.3) is 0 Å². The molecule has 1 aromatic carbocycles. The summed E-state index contributed by atoms with van der Waals surface area (Å²) < 4.78 is 38.8. The van der Waals surface area contributed by atoms with E-state index in [9.17, 15) is 13.2 Å². The summed E-state index contributed by atoms with van der Waals surface area (Å²) in [6.45, 7) is 5.77. The molecule has 1 aliphatic rings. The second kappa shape index (κ2) is 4.92. The zero-order chi connectivity index (χ0) is 13.3. The molecule has 0 N–H and O–H groups in total. The molecule has 18 heavy (non-hydrogen) atoms. The van der Waals surface area contributed by atoms with Crippen LogP contribution in [0.3, 0.4) is 0 Å². The maximum atomic E-state index is 12.9. The van der Waals surface area contributed by atoms with E-state index in [0.717, 1.165) is 19.5 Å². The van der Waals surface area contributed by atoms with Crippen molar-refractivity contribution in [2.24, 2.45) is 0 Å². The number of alkyl halides is 3. The molecule has 1 aliphatic heterocycles. The molecule has 1 aromatic rings. The Morgan fingerprint density at radius 3 is 2.44 bits per heavy atom. The molecule has 1 fully saturated rings. The number of likely N-dealkylation sites (tertiary alicyclic amines) is 1. The average Bonchev–Trinajstić information content (AvgIpc) is 2.77. The molecular formula is C14H18F3N. The molecule has 1 nitrogen and oxygen atoms in total. The highest BCUT2D eigenvalue weighted by atomic mass is 19.4. The molecule has 2 rings (SSSR count). The molecule has 0 bridgehead atoms. The van der Waals surface area contributed by atoms with Crippen LogP contribution in [0.2, 0.25) is 0 Å².